The highest BCUT2D eigenvalue weighted by atomic mass is 79.9. The maximum absolute atomic E-state index is 10.4. The third kappa shape index (κ3) is 7.07. The van der Waals surface area contributed by atoms with Gasteiger partial charge < -0.3 is 29.2 Å². The number of hydrogen-bond acceptors (Lipinski definition) is 6. The van der Waals surface area contributed by atoms with Crippen LogP contribution in [0.1, 0.15) is 17.4 Å². The van der Waals surface area contributed by atoms with Crippen molar-refractivity contribution < 1.29 is 19.3 Å². The van der Waals surface area contributed by atoms with Gasteiger partial charge in [-0.05, 0) is 42.0 Å². The first-order valence-electron chi connectivity index (χ1n) is 10.1. The number of aliphatic hydroxyl groups is 1. The lowest BCUT2D eigenvalue weighted by atomic mass is 10.1. The standard InChI is InChI=1S/C23H28BrN3O4/c1-27-11-10-25-23(27)22(17-4-3-5-21(14-17)29-2)26-15-19(28)16-30-12-13-31-20-8-6-18(24)7-9-20/h3-11,14,19,22,26,28H,12-13,15-16H2,1-2H3. The number of halogens is 1. The van der Waals surface area contributed by atoms with E-state index in [1.165, 1.54) is 0 Å². The van der Waals surface area contributed by atoms with Gasteiger partial charge in [0.25, 0.3) is 0 Å². The molecule has 2 aromatic carbocycles. The number of nitrogens with one attached hydrogen (secondary N) is 1. The summed E-state index contributed by atoms with van der Waals surface area (Å²) in [5.74, 6) is 2.41. The lowest BCUT2D eigenvalue weighted by molar-refractivity contribution is 0.0243. The van der Waals surface area contributed by atoms with Gasteiger partial charge in [0.1, 0.15) is 23.9 Å². The van der Waals surface area contributed by atoms with Crippen molar-refractivity contribution in [3.05, 3.63) is 76.8 Å². The second kappa shape index (κ2) is 11.9. The Morgan fingerprint density at radius 3 is 2.65 bits per heavy atom. The van der Waals surface area contributed by atoms with Crippen molar-refractivity contribution in [2.24, 2.45) is 7.05 Å². The number of methoxy groups -OCH3 is 1. The fourth-order valence-electron chi connectivity index (χ4n) is 3.12. The number of aromatic nitrogens is 2. The summed E-state index contributed by atoms with van der Waals surface area (Å²) in [5.41, 5.74) is 1.00. The number of rotatable bonds is 12. The van der Waals surface area contributed by atoms with Gasteiger partial charge in [-0.2, -0.15) is 0 Å². The van der Waals surface area contributed by atoms with Crippen LogP contribution >= 0.6 is 15.9 Å². The van der Waals surface area contributed by atoms with E-state index >= 15 is 0 Å². The van der Waals surface area contributed by atoms with Gasteiger partial charge in [-0.15, -0.1) is 0 Å². The lowest BCUT2D eigenvalue weighted by Gasteiger charge is -2.21. The van der Waals surface area contributed by atoms with Gasteiger partial charge in [0.05, 0.1) is 32.5 Å². The van der Waals surface area contributed by atoms with Crippen molar-refractivity contribution in [1.82, 2.24) is 14.9 Å². The largest absolute Gasteiger partial charge is 0.497 e. The van der Waals surface area contributed by atoms with Crippen molar-refractivity contribution in [3.63, 3.8) is 0 Å². The number of hydrogen-bond donors (Lipinski definition) is 2. The second-order valence-electron chi connectivity index (χ2n) is 7.05. The lowest BCUT2D eigenvalue weighted by Crippen LogP contribution is -2.35. The Morgan fingerprint density at radius 1 is 1.13 bits per heavy atom. The zero-order valence-electron chi connectivity index (χ0n) is 17.7. The zero-order valence-corrected chi connectivity index (χ0v) is 19.3. The van der Waals surface area contributed by atoms with Crippen LogP contribution in [0.4, 0.5) is 0 Å². The molecule has 1 aromatic heterocycles. The number of ether oxygens (including phenoxy) is 3. The molecule has 7 nitrogen and oxygen atoms in total. The van der Waals surface area contributed by atoms with E-state index in [1.807, 2.05) is 66.3 Å². The molecule has 0 amide bonds. The maximum Gasteiger partial charge on any atom is 0.130 e. The van der Waals surface area contributed by atoms with Crippen LogP contribution in [0.3, 0.4) is 0 Å². The predicted octanol–water partition coefficient (Wildman–Crippen LogP) is 3.33. The molecule has 0 saturated heterocycles. The van der Waals surface area contributed by atoms with Crippen molar-refractivity contribution in [2.75, 3.05) is 33.5 Å². The molecule has 2 unspecified atom stereocenters. The molecule has 0 aliphatic carbocycles. The van der Waals surface area contributed by atoms with Crippen molar-refractivity contribution >= 4 is 15.9 Å². The minimum absolute atomic E-state index is 0.189. The Hall–Kier alpha value is -2.39. The third-order valence-electron chi connectivity index (χ3n) is 4.72. The minimum atomic E-state index is -0.666. The van der Waals surface area contributed by atoms with E-state index in [9.17, 15) is 5.11 Å². The van der Waals surface area contributed by atoms with Crippen LogP contribution in [0.25, 0.3) is 0 Å². The Labute approximate surface area is 191 Å². The molecular formula is C23H28BrN3O4. The highest BCUT2D eigenvalue weighted by molar-refractivity contribution is 9.10. The molecule has 1 heterocycles. The van der Waals surface area contributed by atoms with E-state index in [2.05, 4.69) is 26.2 Å². The number of aryl methyl sites for hydroxylation is 1. The molecule has 0 fully saturated rings. The van der Waals surface area contributed by atoms with Gasteiger partial charge in [-0.25, -0.2) is 4.98 Å². The number of imidazole rings is 1. The van der Waals surface area contributed by atoms with Crippen LogP contribution in [-0.2, 0) is 11.8 Å². The molecule has 0 spiro atoms. The number of benzene rings is 2. The Kier molecular flexibility index (Phi) is 8.90. The summed E-state index contributed by atoms with van der Waals surface area (Å²) in [7, 11) is 3.59. The highest BCUT2D eigenvalue weighted by Gasteiger charge is 2.20. The molecule has 0 aliphatic rings. The molecule has 0 aliphatic heterocycles. The van der Waals surface area contributed by atoms with Crippen LogP contribution in [0, 0.1) is 0 Å². The van der Waals surface area contributed by atoms with E-state index in [0.29, 0.717) is 19.8 Å². The highest BCUT2D eigenvalue weighted by Crippen LogP contribution is 2.24. The quantitative estimate of drug-likeness (QED) is 0.380. The van der Waals surface area contributed by atoms with Crippen LogP contribution < -0.4 is 14.8 Å². The van der Waals surface area contributed by atoms with Gasteiger partial charge in [0, 0.05) is 30.5 Å². The zero-order chi connectivity index (χ0) is 22.1. The van der Waals surface area contributed by atoms with E-state index < -0.39 is 6.10 Å². The Bertz CT molecular complexity index is 933. The molecule has 3 aromatic rings. The predicted molar refractivity (Wildman–Crippen MR) is 123 cm³/mol. The Morgan fingerprint density at radius 2 is 1.94 bits per heavy atom. The summed E-state index contributed by atoms with van der Waals surface area (Å²) in [5, 5.41) is 13.8. The summed E-state index contributed by atoms with van der Waals surface area (Å²) >= 11 is 3.39. The van der Waals surface area contributed by atoms with E-state index in [0.717, 1.165) is 27.4 Å². The van der Waals surface area contributed by atoms with Crippen molar-refractivity contribution in [3.8, 4) is 11.5 Å². The molecule has 0 bridgehead atoms. The first-order chi connectivity index (χ1) is 15.1. The average Bonchev–Trinajstić information content (AvgIpc) is 3.20. The summed E-state index contributed by atoms with van der Waals surface area (Å²) in [6.45, 7) is 1.37. The van der Waals surface area contributed by atoms with E-state index in [1.54, 1.807) is 13.3 Å². The molecule has 0 saturated carbocycles. The normalized spacial score (nSPS) is 13.0. The van der Waals surface area contributed by atoms with Gasteiger partial charge in [-0.3, -0.25) is 0 Å². The smallest absolute Gasteiger partial charge is 0.130 e. The third-order valence-corrected chi connectivity index (χ3v) is 5.25. The van der Waals surface area contributed by atoms with Gasteiger partial charge in [0.15, 0.2) is 0 Å². The van der Waals surface area contributed by atoms with E-state index in [-0.39, 0.29) is 12.6 Å². The molecule has 31 heavy (non-hydrogen) atoms. The molecule has 3 rings (SSSR count). The first-order valence-corrected chi connectivity index (χ1v) is 10.8. The summed E-state index contributed by atoms with van der Waals surface area (Å²) < 4.78 is 19.5. The molecule has 166 valence electrons. The first kappa shape index (κ1) is 23.3. The monoisotopic (exact) mass is 489 g/mol. The van der Waals surface area contributed by atoms with Crippen molar-refractivity contribution in [2.45, 2.75) is 12.1 Å². The molecule has 0 radical (unpaired) electrons. The van der Waals surface area contributed by atoms with Crippen molar-refractivity contribution in [1.29, 1.82) is 0 Å². The van der Waals surface area contributed by atoms with Crippen LogP contribution in [0.15, 0.2) is 65.4 Å². The van der Waals surface area contributed by atoms with Crippen LogP contribution in [0.2, 0.25) is 0 Å². The summed E-state index contributed by atoms with van der Waals surface area (Å²) in [6, 6.07) is 15.3. The van der Waals surface area contributed by atoms with Gasteiger partial charge in [-0.1, -0.05) is 28.1 Å². The van der Waals surface area contributed by atoms with Gasteiger partial charge in [0.2, 0.25) is 0 Å². The molecular weight excluding hydrogens is 462 g/mol. The van der Waals surface area contributed by atoms with Crippen LogP contribution in [0.5, 0.6) is 11.5 Å². The summed E-state index contributed by atoms with van der Waals surface area (Å²) in [6.07, 6.45) is 2.99. The summed E-state index contributed by atoms with van der Waals surface area (Å²) in [4.78, 5) is 4.47. The van der Waals surface area contributed by atoms with E-state index in [4.69, 9.17) is 14.2 Å². The molecule has 2 N–H and O–H groups in total. The molecule has 8 heteroatoms. The fourth-order valence-corrected chi connectivity index (χ4v) is 3.38. The SMILES string of the molecule is COc1cccc(C(NCC(O)COCCOc2ccc(Br)cc2)c2nccn2C)c1. The Balaban J connectivity index is 1.48. The van der Waals surface area contributed by atoms with Gasteiger partial charge >= 0.3 is 0 Å². The number of nitrogens with zero attached hydrogens (tertiary/aromatic N) is 2. The van der Waals surface area contributed by atoms with Crippen LogP contribution in [-0.4, -0.2) is 54.2 Å². The maximum atomic E-state index is 10.4. The topological polar surface area (TPSA) is 77.8 Å². The fraction of sp³-hybridized carbons (Fsp3) is 0.348. The minimum Gasteiger partial charge on any atom is -0.497 e. The molecule has 2 atom stereocenters. The number of aliphatic hydroxyl groups excluding tert-OH is 1. The average molecular weight is 490 g/mol. The second-order valence-corrected chi connectivity index (χ2v) is 7.96.